The summed E-state index contributed by atoms with van der Waals surface area (Å²) in [5, 5.41) is 0. The first-order chi connectivity index (χ1) is 3.18. The minimum absolute atomic E-state index is 0.573. The van der Waals surface area contributed by atoms with E-state index in [0.29, 0.717) is 0 Å². The van der Waals surface area contributed by atoms with E-state index in [2.05, 4.69) is 37.7 Å². The molecule has 0 rings (SSSR count). The van der Waals surface area contributed by atoms with Gasteiger partial charge in [0.15, 0.2) is 0 Å². The molecule has 0 radical (unpaired) electrons. The van der Waals surface area contributed by atoms with Crippen LogP contribution in [0.2, 0.25) is 0 Å². The van der Waals surface area contributed by atoms with Gasteiger partial charge in [0.05, 0.1) is 0 Å². The smallest absolute Gasteiger partial charge is 0.0117 e. The molecule has 0 aliphatic heterocycles. The summed E-state index contributed by atoms with van der Waals surface area (Å²) in [6, 6.07) is 0. The maximum atomic E-state index is 4.67. The molecule has 7 heavy (non-hydrogen) atoms. The molecule has 0 amide bonds. The fourth-order valence-electron chi connectivity index (χ4n) is 0.0556. The minimum Gasteiger partial charge on any atom is -0.469 e. The van der Waals surface area contributed by atoms with Crippen molar-refractivity contribution in [3.8, 4) is 0 Å². The lowest BCUT2D eigenvalue weighted by Crippen LogP contribution is -1.73. The summed E-state index contributed by atoms with van der Waals surface area (Å²) in [5.74, 6) is 0. The van der Waals surface area contributed by atoms with Gasteiger partial charge in [0.1, 0.15) is 0 Å². The van der Waals surface area contributed by atoms with E-state index >= 15 is 0 Å². The molecular weight excluding hydrogens is 188 g/mol. The molecule has 6 heteroatoms. The van der Waals surface area contributed by atoms with E-state index in [1.807, 2.05) is 0 Å². The van der Waals surface area contributed by atoms with Gasteiger partial charge in [-0.25, -0.2) is 19.5 Å². The van der Waals surface area contributed by atoms with Gasteiger partial charge in [-0.3, -0.25) is 0 Å². The molecule has 0 heterocycles. The van der Waals surface area contributed by atoms with Crippen molar-refractivity contribution in [2.45, 2.75) is 0 Å². The van der Waals surface area contributed by atoms with Crippen LogP contribution >= 0.6 is 0 Å². The fourth-order valence-corrected chi connectivity index (χ4v) is 1.50. The van der Waals surface area contributed by atoms with Crippen molar-refractivity contribution in [3.05, 3.63) is 0 Å². The fraction of sp³-hybridized carbons (Fsp3) is 1.00. The third-order valence-electron chi connectivity index (χ3n) is 0.247. The molecule has 0 bridgehead atoms. The molecule has 0 atom stereocenters. The van der Waals surface area contributed by atoms with Crippen LogP contribution in [-0.2, 0) is 52.6 Å². The Morgan fingerprint density at radius 2 is 2.00 bits per heavy atom. The lowest BCUT2D eigenvalue weighted by Gasteiger charge is -1.95. The van der Waals surface area contributed by atoms with Gasteiger partial charge in [0, 0.05) is 7.11 Å². The topological polar surface area (TPSA) is 9.23 Å². The largest absolute Gasteiger partial charge is 0.469 e. The summed E-state index contributed by atoms with van der Waals surface area (Å²) in [6.07, 6.45) is 0. The summed E-state index contributed by atoms with van der Waals surface area (Å²) < 4.78 is 4.66. The third kappa shape index (κ3) is 3.75. The van der Waals surface area contributed by atoms with Crippen LogP contribution in [0.1, 0.15) is 0 Å². The maximum Gasteiger partial charge on any atom is 0.0117 e. The van der Waals surface area contributed by atoms with E-state index < -0.39 is 14.9 Å². The van der Waals surface area contributed by atoms with Crippen LogP contribution in [-0.4, -0.2) is 7.11 Å². The lowest BCUT2D eigenvalue weighted by molar-refractivity contribution is 0.494. The van der Waals surface area contributed by atoms with Gasteiger partial charge >= 0.3 is 0 Å². The highest BCUT2D eigenvalue weighted by atomic mass is 33.4. The van der Waals surface area contributed by atoms with Gasteiger partial charge in [-0.05, 0) is 22.4 Å². The summed E-state index contributed by atoms with van der Waals surface area (Å²) in [6.45, 7) is -0.573. The molecule has 0 saturated heterocycles. The Labute approximate surface area is 59.5 Å². The van der Waals surface area contributed by atoms with Crippen LogP contribution in [0.4, 0.5) is 0 Å². The zero-order valence-electron chi connectivity index (χ0n) is 3.45. The van der Waals surface area contributed by atoms with Crippen molar-refractivity contribution in [3.63, 3.8) is 0 Å². The second-order valence-corrected chi connectivity index (χ2v) is 9.07. The molecule has 0 unspecified atom stereocenters. The van der Waals surface area contributed by atoms with Crippen molar-refractivity contribution in [1.29, 1.82) is 0 Å². The zero-order chi connectivity index (χ0) is 5.86. The van der Waals surface area contributed by atoms with Gasteiger partial charge in [0.25, 0.3) is 0 Å². The SMILES string of the molecule is CO[S-](=S)=S(=S)=S. The quantitative estimate of drug-likeness (QED) is 0.543. The Morgan fingerprint density at radius 1 is 1.57 bits per heavy atom. The Bertz CT molecular complexity index is 194. The van der Waals surface area contributed by atoms with E-state index in [1.54, 1.807) is 0 Å². The van der Waals surface area contributed by atoms with Gasteiger partial charge in [-0.2, -0.15) is 6.57 Å². The van der Waals surface area contributed by atoms with Crippen LogP contribution in [0.3, 0.4) is 0 Å². The monoisotopic (exact) mass is 191 g/mol. The van der Waals surface area contributed by atoms with Gasteiger partial charge in [-0.15, -0.1) is 0 Å². The molecule has 0 spiro atoms. The van der Waals surface area contributed by atoms with Crippen LogP contribution in [0.15, 0.2) is 0 Å². The second kappa shape index (κ2) is 4.11. The third-order valence-corrected chi connectivity index (χ3v) is 7.22. The van der Waals surface area contributed by atoms with Crippen molar-refractivity contribution in [2.75, 3.05) is 7.11 Å². The Kier molecular flexibility index (Phi) is 4.81. The Balaban J connectivity index is 4.72. The first-order valence-corrected chi connectivity index (χ1v) is 6.91. The van der Waals surface area contributed by atoms with Gasteiger partial charge in [-0.1, -0.05) is 0 Å². The van der Waals surface area contributed by atoms with Crippen molar-refractivity contribution in [2.24, 2.45) is 0 Å². The van der Waals surface area contributed by atoms with Crippen molar-refractivity contribution < 1.29 is 4.18 Å². The van der Waals surface area contributed by atoms with Crippen LogP contribution in [0, 0.1) is 0 Å². The molecule has 0 aliphatic carbocycles. The molecule has 0 aromatic rings. The number of hydrogen-bond acceptors (Lipinski definition) is 5. The normalized spacial score (nSPS) is 9.43. The molecule has 0 aromatic carbocycles. The van der Waals surface area contributed by atoms with E-state index in [1.165, 1.54) is 7.11 Å². The standard InChI is InChI=1S/CH3OS5/c1-2-6(3)7(4)5/h1H3/q-1. The molecule has 1 nitrogen and oxygen atoms in total. The zero-order valence-corrected chi connectivity index (χ0v) is 7.53. The summed E-state index contributed by atoms with van der Waals surface area (Å²) in [7, 11) is 0.935. The van der Waals surface area contributed by atoms with E-state index in [9.17, 15) is 0 Å². The highest BCUT2D eigenvalue weighted by molar-refractivity contribution is 8.71. The van der Waals surface area contributed by atoms with Crippen LogP contribution in [0.25, 0.3) is 0 Å². The molecular formula is CH3OS5-. The Hall–Kier alpha value is 1.19. The van der Waals surface area contributed by atoms with Crippen molar-refractivity contribution >= 4 is 48.4 Å². The molecule has 0 aromatic heterocycles. The minimum atomic E-state index is -0.588. The highest BCUT2D eigenvalue weighted by Crippen LogP contribution is 1.64. The summed E-state index contributed by atoms with van der Waals surface area (Å²) in [4.78, 5) is 0. The molecule has 0 N–H and O–H groups in total. The molecule has 0 saturated carbocycles. The maximum absolute atomic E-state index is 4.67. The average Bonchev–Trinajstić information content (AvgIpc) is 1.65. The highest BCUT2D eigenvalue weighted by Gasteiger charge is 1.44. The van der Waals surface area contributed by atoms with Crippen LogP contribution in [0.5, 0.6) is 0 Å². The number of hydrogen-bond donors (Lipinski definition) is 0. The number of rotatable bonds is 1. The lowest BCUT2D eigenvalue weighted by atomic mass is 11.8. The second-order valence-electron chi connectivity index (χ2n) is 0.575. The van der Waals surface area contributed by atoms with E-state index in [4.69, 9.17) is 0 Å². The summed E-state index contributed by atoms with van der Waals surface area (Å²) >= 11 is 13.9. The molecule has 0 aliphatic rings. The average molecular weight is 191 g/mol. The van der Waals surface area contributed by atoms with Crippen molar-refractivity contribution in [1.82, 2.24) is 0 Å². The predicted octanol–water partition coefficient (Wildman–Crippen LogP) is 0.0851. The molecule has 44 valence electrons. The van der Waals surface area contributed by atoms with E-state index in [0.717, 1.165) is 0 Å². The van der Waals surface area contributed by atoms with Gasteiger partial charge < -0.3 is 4.18 Å². The van der Waals surface area contributed by atoms with Crippen LogP contribution < -0.4 is 0 Å². The van der Waals surface area contributed by atoms with E-state index in [-0.39, 0.29) is 0 Å². The summed E-state index contributed by atoms with van der Waals surface area (Å²) in [5.41, 5.74) is 0. The van der Waals surface area contributed by atoms with Gasteiger partial charge in [0.2, 0.25) is 0 Å². The predicted molar refractivity (Wildman–Crippen MR) is 43.8 cm³/mol. The Morgan fingerprint density at radius 3 is 2.00 bits per heavy atom. The molecule has 0 fully saturated rings. The first-order valence-electron chi connectivity index (χ1n) is 1.24. The first kappa shape index (κ1) is 8.19.